The molecular weight excluding hydrogens is 378 g/mol. The van der Waals surface area contributed by atoms with E-state index in [9.17, 15) is 4.79 Å². The molecule has 1 aliphatic heterocycles. The van der Waals surface area contributed by atoms with Gasteiger partial charge in [-0.3, -0.25) is 14.6 Å². The molecule has 1 aliphatic carbocycles. The van der Waals surface area contributed by atoms with E-state index in [1.807, 2.05) is 19.1 Å². The molecule has 1 aromatic carbocycles. The summed E-state index contributed by atoms with van der Waals surface area (Å²) in [5, 5.41) is 3.14. The van der Waals surface area contributed by atoms with Gasteiger partial charge in [0.25, 0.3) is 0 Å². The fourth-order valence-electron chi connectivity index (χ4n) is 4.34. The van der Waals surface area contributed by atoms with Crippen LogP contribution < -0.4 is 14.8 Å². The maximum atomic E-state index is 12.6. The van der Waals surface area contributed by atoms with Crippen molar-refractivity contribution in [1.29, 1.82) is 0 Å². The van der Waals surface area contributed by atoms with Gasteiger partial charge in [-0.05, 0) is 56.7 Å². The molecule has 1 atom stereocenters. The third kappa shape index (κ3) is 6.22. The molecular formula is C24H37N3O3. The molecule has 2 aliphatic rings. The zero-order valence-electron chi connectivity index (χ0n) is 18.8. The number of methoxy groups -OCH3 is 2. The van der Waals surface area contributed by atoms with Crippen molar-refractivity contribution in [2.75, 3.05) is 46.9 Å². The van der Waals surface area contributed by atoms with Gasteiger partial charge >= 0.3 is 0 Å². The van der Waals surface area contributed by atoms with Gasteiger partial charge in [0.15, 0.2) is 11.5 Å². The maximum Gasteiger partial charge on any atom is 0.237 e. The van der Waals surface area contributed by atoms with Crippen LogP contribution in [0.4, 0.5) is 0 Å². The summed E-state index contributed by atoms with van der Waals surface area (Å²) in [6.45, 7) is 7.40. The first kappa shape index (κ1) is 22.6. The van der Waals surface area contributed by atoms with E-state index >= 15 is 0 Å². The van der Waals surface area contributed by atoms with Crippen molar-refractivity contribution < 1.29 is 14.3 Å². The standard InChI is InChI=1S/C24H37N3O3/c1-19(24(28)25-12-11-20-7-5-4-6-8-20)27-15-13-26(14-16-27)18-21-9-10-22(29-2)23(17-21)30-3/h7,9-10,17,19H,4-6,8,11-16,18H2,1-3H3,(H,25,28)/t19-/m1/s1. The Labute approximate surface area is 181 Å². The Balaban J connectivity index is 1.40. The van der Waals surface area contributed by atoms with Crippen molar-refractivity contribution >= 4 is 5.91 Å². The van der Waals surface area contributed by atoms with E-state index in [4.69, 9.17) is 9.47 Å². The lowest BCUT2D eigenvalue weighted by Gasteiger charge is -2.37. The Bertz CT molecular complexity index is 726. The number of benzene rings is 1. The second-order valence-corrected chi connectivity index (χ2v) is 8.33. The molecule has 1 amide bonds. The van der Waals surface area contributed by atoms with Gasteiger partial charge in [-0.2, -0.15) is 0 Å². The number of carbonyl (C=O) groups excluding carboxylic acids is 1. The van der Waals surface area contributed by atoms with Crippen LogP contribution in [0.15, 0.2) is 29.8 Å². The number of ether oxygens (including phenoxy) is 2. The van der Waals surface area contributed by atoms with Gasteiger partial charge in [-0.15, -0.1) is 0 Å². The third-order valence-corrected chi connectivity index (χ3v) is 6.32. The fraction of sp³-hybridized carbons (Fsp3) is 0.625. The van der Waals surface area contributed by atoms with Crippen LogP contribution in [0.1, 0.15) is 44.6 Å². The number of carbonyl (C=O) groups is 1. The van der Waals surface area contributed by atoms with Gasteiger partial charge in [0.05, 0.1) is 20.3 Å². The maximum absolute atomic E-state index is 12.6. The third-order valence-electron chi connectivity index (χ3n) is 6.32. The highest BCUT2D eigenvalue weighted by Gasteiger charge is 2.25. The number of rotatable bonds is 9. The number of allylic oxidation sites excluding steroid dienone is 1. The summed E-state index contributed by atoms with van der Waals surface area (Å²) in [5.74, 6) is 1.67. The predicted molar refractivity (Wildman–Crippen MR) is 120 cm³/mol. The van der Waals surface area contributed by atoms with Crippen LogP contribution in [0.5, 0.6) is 11.5 Å². The lowest BCUT2D eigenvalue weighted by atomic mass is 9.97. The number of piperazine rings is 1. The lowest BCUT2D eigenvalue weighted by Crippen LogP contribution is -2.53. The topological polar surface area (TPSA) is 54.0 Å². The molecule has 0 bridgehead atoms. The van der Waals surface area contributed by atoms with Crippen molar-refractivity contribution in [3.05, 3.63) is 35.4 Å². The van der Waals surface area contributed by atoms with Gasteiger partial charge < -0.3 is 14.8 Å². The minimum absolute atomic E-state index is 0.0754. The second kappa shape index (κ2) is 11.4. The molecule has 166 valence electrons. The molecule has 1 N–H and O–H groups in total. The van der Waals surface area contributed by atoms with Gasteiger partial charge in [0.1, 0.15) is 0 Å². The summed E-state index contributed by atoms with van der Waals surface area (Å²) in [6.07, 6.45) is 8.36. The Morgan fingerprint density at radius 2 is 1.87 bits per heavy atom. The number of nitrogens with zero attached hydrogens (tertiary/aromatic N) is 2. The highest BCUT2D eigenvalue weighted by atomic mass is 16.5. The SMILES string of the molecule is COc1ccc(CN2CCN([C@H](C)C(=O)NCCC3=CCCCC3)CC2)cc1OC. The molecule has 0 saturated carbocycles. The quantitative estimate of drug-likeness (QED) is 0.628. The summed E-state index contributed by atoms with van der Waals surface area (Å²) in [7, 11) is 3.32. The first-order valence-electron chi connectivity index (χ1n) is 11.2. The molecule has 0 aromatic heterocycles. The van der Waals surface area contributed by atoms with Crippen LogP contribution in [0.2, 0.25) is 0 Å². The molecule has 6 heteroatoms. The monoisotopic (exact) mass is 415 g/mol. The van der Waals surface area contributed by atoms with Crippen molar-refractivity contribution in [3.63, 3.8) is 0 Å². The van der Waals surface area contributed by atoms with Gasteiger partial charge in [-0.1, -0.05) is 17.7 Å². The van der Waals surface area contributed by atoms with E-state index in [1.54, 1.807) is 14.2 Å². The average Bonchev–Trinajstić information content (AvgIpc) is 2.79. The van der Waals surface area contributed by atoms with Crippen molar-refractivity contribution in [3.8, 4) is 11.5 Å². The Morgan fingerprint density at radius 1 is 1.10 bits per heavy atom. The molecule has 30 heavy (non-hydrogen) atoms. The van der Waals surface area contributed by atoms with Gasteiger partial charge in [0, 0.05) is 39.3 Å². The van der Waals surface area contributed by atoms with Crippen molar-refractivity contribution in [2.45, 2.75) is 51.6 Å². The second-order valence-electron chi connectivity index (χ2n) is 8.33. The van der Waals surface area contributed by atoms with Gasteiger partial charge in [-0.25, -0.2) is 0 Å². The molecule has 3 rings (SSSR count). The lowest BCUT2D eigenvalue weighted by molar-refractivity contribution is -0.126. The van der Waals surface area contributed by atoms with Gasteiger partial charge in [0.2, 0.25) is 5.91 Å². The Morgan fingerprint density at radius 3 is 2.53 bits per heavy atom. The van der Waals surface area contributed by atoms with Crippen molar-refractivity contribution in [1.82, 2.24) is 15.1 Å². The summed E-state index contributed by atoms with van der Waals surface area (Å²) in [6, 6.07) is 6.02. The first-order chi connectivity index (χ1) is 14.6. The van der Waals surface area contributed by atoms with E-state index in [2.05, 4.69) is 27.3 Å². The van der Waals surface area contributed by atoms with E-state index in [1.165, 1.54) is 36.8 Å². The molecule has 1 aromatic rings. The minimum Gasteiger partial charge on any atom is -0.493 e. The van der Waals surface area contributed by atoms with Crippen LogP contribution >= 0.6 is 0 Å². The van der Waals surface area contributed by atoms with Crippen LogP contribution in [0, 0.1) is 0 Å². The Hall–Kier alpha value is -2.05. The van der Waals surface area contributed by atoms with Crippen molar-refractivity contribution in [2.24, 2.45) is 0 Å². The van der Waals surface area contributed by atoms with E-state index in [0.29, 0.717) is 0 Å². The summed E-state index contributed by atoms with van der Waals surface area (Å²) >= 11 is 0. The smallest absolute Gasteiger partial charge is 0.237 e. The minimum atomic E-state index is -0.0754. The van der Waals surface area contributed by atoms with E-state index < -0.39 is 0 Å². The predicted octanol–water partition coefficient (Wildman–Crippen LogP) is 3.22. The van der Waals surface area contributed by atoms with Crippen LogP contribution in [-0.2, 0) is 11.3 Å². The molecule has 6 nitrogen and oxygen atoms in total. The summed E-state index contributed by atoms with van der Waals surface area (Å²) in [5.41, 5.74) is 2.72. The molecule has 0 spiro atoms. The number of hydrogen-bond acceptors (Lipinski definition) is 5. The number of amides is 1. The zero-order chi connectivity index (χ0) is 21.3. The molecule has 0 radical (unpaired) electrons. The molecule has 1 fully saturated rings. The molecule has 1 heterocycles. The van der Waals surface area contributed by atoms with E-state index in [0.717, 1.165) is 57.2 Å². The summed E-state index contributed by atoms with van der Waals surface area (Å²) in [4.78, 5) is 17.3. The number of nitrogens with one attached hydrogen (secondary N) is 1. The first-order valence-corrected chi connectivity index (χ1v) is 11.2. The summed E-state index contributed by atoms with van der Waals surface area (Å²) < 4.78 is 10.7. The van der Waals surface area contributed by atoms with Crippen LogP contribution in [0.25, 0.3) is 0 Å². The average molecular weight is 416 g/mol. The van der Waals surface area contributed by atoms with Crippen LogP contribution in [-0.4, -0.2) is 68.7 Å². The van der Waals surface area contributed by atoms with Crippen LogP contribution in [0.3, 0.4) is 0 Å². The largest absolute Gasteiger partial charge is 0.493 e. The zero-order valence-corrected chi connectivity index (χ0v) is 18.8. The molecule has 1 saturated heterocycles. The Kier molecular flexibility index (Phi) is 8.58. The van der Waals surface area contributed by atoms with E-state index in [-0.39, 0.29) is 11.9 Å². The molecule has 0 unspecified atom stereocenters. The highest BCUT2D eigenvalue weighted by Crippen LogP contribution is 2.28. The number of hydrogen-bond donors (Lipinski definition) is 1. The highest BCUT2D eigenvalue weighted by molar-refractivity contribution is 5.81. The normalized spacial score (nSPS) is 19.1. The fourth-order valence-corrected chi connectivity index (χ4v) is 4.34.